The molecule has 1 aromatic carbocycles. The minimum Gasteiger partial charge on any atom is -0.433 e. The third kappa shape index (κ3) is 4.53. The number of piperidine rings is 1. The second kappa shape index (κ2) is 7.74. The molecule has 9 heteroatoms. The predicted octanol–water partition coefficient (Wildman–Crippen LogP) is 2.56. The molecule has 1 aromatic rings. The Labute approximate surface area is 139 Å². The Morgan fingerprint density at radius 2 is 2.22 bits per heavy atom. The van der Waals surface area contributed by atoms with E-state index >= 15 is 0 Å². The van der Waals surface area contributed by atoms with Crippen molar-refractivity contribution in [3.63, 3.8) is 0 Å². The van der Waals surface area contributed by atoms with Gasteiger partial charge >= 0.3 is 6.61 Å². The molecule has 0 bridgehead atoms. The van der Waals surface area contributed by atoms with Crippen molar-refractivity contribution in [3.8, 4) is 5.75 Å². The van der Waals surface area contributed by atoms with Gasteiger partial charge in [-0.3, -0.25) is 0 Å². The fraction of sp³-hybridized carbons (Fsp3) is 0.571. The van der Waals surface area contributed by atoms with E-state index in [4.69, 9.17) is 11.6 Å². The van der Waals surface area contributed by atoms with Gasteiger partial charge in [0.2, 0.25) is 10.0 Å². The maximum Gasteiger partial charge on any atom is 0.387 e. The van der Waals surface area contributed by atoms with E-state index in [2.05, 4.69) is 10.1 Å². The smallest absolute Gasteiger partial charge is 0.387 e. The first-order chi connectivity index (χ1) is 10.8. The lowest BCUT2D eigenvalue weighted by atomic mass is 10.00. The fourth-order valence-corrected chi connectivity index (χ4v) is 4.55. The van der Waals surface area contributed by atoms with Gasteiger partial charge in [-0.05, 0) is 50.6 Å². The second-order valence-corrected chi connectivity index (χ2v) is 7.74. The van der Waals surface area contributed by atoms with Crippen molar-refractivity contribution in [3.05, 3.63) is 23.2 Å². The average molecular weight is 369 g/mol. The minimum absolute atomic E-state index is 0.0192. The zero-order valence-corrected chi connectivity index (χ0v) is 14.2. The molecule has 0 aliphatic carbocycles. The summed E-state index contributed by atoms with van der Waals surface area (Å²) in [7, 11) is -1.87. The topological polar surface area (TPSA) is 58.6 Å². The van der Waals surface area contributed by atoms with Crippen LogP contribution in [0.1, 0.15) is 12.8 Å². The largest absolute Gasteiger partial charge is 0.433 e. The monoisotopic (exact) mass is 368 g/mol. The Bertz CT molecular complexity index is 641. The van der Waals surface area contributed by atoms with E-state index in [9.17, 15) is 17.2 Å². The normalized spacial score (nSPS) is 20.0. The summed E-state index contributed by atoms with van der Waals surface area (Å²) in [6.45, 7) is -1.40. The molecule has 1 fully saturated rings. The molecule has 1 saturated heterocycles. The maximum atomic E-state index is 12.7. The van der Waals surface area contributed by atoms with Gasteiger partial charge in [0, 0.05) is 13.1 Å². The molecule has 0 radical (unpaired) electrons. The number of hydrogen-bond acceptors (Lipinski definition) is 4. The number of rotatable bonds is 6. The summed E-state index contributed by atoms with van der Waals surface area (Å²) in [5.41, 5.74) is 0. The SMILES string of the molecule is CNCC1CCCN(S(=O)(=O)c2ccc(OC(F)F)c(Cl)c2)C1. The molecule has 0 spiro atoms. The van der Waals surface area contributed by atoms with Crippen LogP contribution < -0.4 is 10.1 Å². The summed E-state index contributed by atoms with van der Waals surface area (Å²) in [4.78, 5) is -0.0192. The van der Waals surface area contributed by atoms with Gasteiger partial charge in [0.15, 0.2) is 0 Å². The number of nitrogens with zero attached hydrogens (tertiary/aromatic N) is 1. The van der Waals surface area contributed by atoms with Crippen molar-refractivity contribution < 1.29 is 21.9 Å². The van der Waals surface area contributed by atoms with Crippen molar-refractivity contribution in [2.75, 3.05) is 26.7 Å². The molecule has 23 heavy (non-hydrogen) atoms. The number of alkyl halides is 2. The van der Waals surface area contributed by atoms with E-state index in [1.807, 2.05) is 7.05 Å². The maximum absolute atomic E-state index is 12.7. The lowest BCUT2D eigenvalue weighted by molar-refractivity contribution is -0.0498. The zero-order valence-electron chi connectivity index (χ0n) is 12.6. The molecule has 1 heterocycles. The Kier molecular flexibility index (Phi) is 6.19. The highest BCUT2D eigenvalue weighted by molar-refractivity contribution is 7.89. The summed E-state index contributed by atoms with van der Waals surface area (Å²) in [5, 5.41) is 2.90. The van der Waals surface area contributed by atoms with Gasteiger partial charge in [-0.1, -0.05) is 11.6 Å². The molecule has 0 aromatic heterocycles. The van der Waals surface area contributed by atoms with Crippen LogP contribution in [0.15, 0.2) is 23.1 Å². The van der Waals surface area contributed by atoms with Crippen LogP contribution in [-0.4, -0.2) is 46.0 Å². The molecule has 1 N–H and O–H groups in total. The van der Waals surface area contributed by atoms with Crippen LogP contribution in [-0.2, 0) is 10.0 Å². The van der Waals surface area contributed by atoms with Gasteiger partial charge in [0.05, 0.1) is 9.92 Å². The number of benzene rings is 1. The number of ether oxygens (including phenoxy) is 1. The van der Waals surface area contributed by atoms with Crippen LogP contribution in [0, 0.1) is 5.92 Å². The molecular weight excluding hydrogens is 350 g/mol. The first-order valence-corrected chi connectivity index (χ1v) is 9.05. The Morgan fingerprint density at radius 3 is 2.83 bits per heavy atom. The number of sulfonamides is 1. The zero-order chi connectivity index (χ0) is 17.0. The van der Waals surface area contributed by atoms with Crippen molar-refractivity contribution in [2.45, 2.75) is 24.3 Å². The molecule has 1 atom stereocenters. The third-order valence-corrected chi connectivity index (χ3v) is 5.89. The Hall–Kier alpha value is -0.960. The Morgan fingerprint density at radius 1 is 1.48 bits per heavy atom. The molecule has 5 nitrogen and oxygen atoms in total. The molecule has 1 aliphatic heterocycles. The molecule has 0 saturated carbocycles. The molecule has 0 amide bonds. The van der Waals surface area contributed by atoms with Crippen LogP contribution in [0.2, 0.25) is 5.02 Å². The highest BCUT2D eigenvalue weighted by Gasteiger charge is 2.30. The van der Waals surface area contributed by atoms with Crippen LogP contribution in [0.25, 0.3) is 0 Å². The van der Waals surface area contributed by atoms with Crippen molar-refractivity contribution in [1.29, 1.82) is 0 Å². The van der Waals surface area contributed by atoms with Crippen LogP contribution in [0.5, 0.6) is 5.75 Å². The van der Waals surface area contributed by atoms with Gasteiger partial charge in [-0.2, -0.15) is 13.1 Å². The Balaban J connectivity index is 2.20. The van der Waals surface area contributed by atoms with E-state index in [0.717, 1.165) is 31.5 Å². The van der Waals surface area contributed by atoms with Crippen LogP contribution >= 0.6 is 11.6 Å². The van der Waals surface area contributed by atoms with Crippen molar-refractivity contribution >= 4 is 21.6 Å². The first kappa shape index (κ1) is 18.4. The van der Waals surface area contributed by atoms with E-state index in [0.29, 0.717) is 13.1 Å². The molecule has 1 aliphatic rings. The molecular formula is C14H19ClF2N2O3S. The van der Waals surface area contributed by atoms with Crippen molar-refractivity contribution in [1.82, 2.24) is 9.62 Å². The van der Waals surface area contributed by atoms with Crippen molar-refractivity contribution in [2.24, 2.45) is 5.92 Å². The van der Waals surface area contributed by atoms with E-state index in [1.54, 1.807) is 0 Å². The number of nitrogens with one attached hydrogen (secondary N) is 1. The quantitative estimate of drug-likeness (QED) is 0.838. The average Bonchev–Trinajstić information content (AvgIpc) is 2.49. The molecule has 2 rings (SSSR count). The van der Waals surface area contributed by atoms with Gasteiger partial charge in [-0.15, -0.1) is 0 Å². The predicted molar refractivity (Wildman–Crippen MR) is 83.5 cm³/mol. The second-order valence-electron chi connectivity index (χ2n) is 5.40. The molecule has 130 valence electrons. The van der Waals surface area contributed by atoms with Gasteiger partial charge < -0.3 is 10.1 Å². The number of hydrogen-bond donors (Lipinski definition) is 1. The first-order valence-electron chi connectivity index (χ1n) is 7.23. The molecule has 1 unspecified atom stereocenters. The van der Waals surface area contributed by atoms with E-state index < -0.39 is 16.6 Å². The highest BCUT2D eigenvalue weighted by Crippen LogP contribution is 2.31. The summed E-state index contributed by atoms with van der Waals surface area (Å²) in [5.74, 6) is 0.00718. The van der Waals surface area contributed by atoms with Gasteiger partial charge in [0.1, 0.15) is 5.75 Å². The highest BCUT2D eigenvalue weighted by atomic mass is 35.5. The third-order valence-electron chi connectivity index (χ3n) is 3.73. The standard InChI is InChI=1S/C14H19ClF2N2O3S/c1-18-8-10-3-2-6-19(9-10)23(20,21)11-4-5-13(12(15)7-11)22-14(16)17/h4-5,7,10,14,18H,2-3,6,8-9H2,1H3. The summed E-state index contributed by atoms with van der Waals surface area (Å²) in [6.07, 6.45) is 1.75. The van der Waals surface area contributed by atoms with Gasteiger partial charge in [0.25, 0.3) is 0 Å². The lowest BCUT2D eigenvalue weighted by Gasteiger charge is -2.31. The summed E-state index contributed by atoms with van der Waals surface area (Å²) >= 11 is 5.85. The lowest BCUT2D eigenvalue weighted by Crippen LogP contribution is -2.42. The fourth-order valence-electron chi connectivity index (χ4n) is 2.68. The van der Waals surface area contributed by atoms with Crippen LogP contribution in [0.4, 0.5) is 8.78 Å². The summed E-state index contributed by atoms with van der Waals surface area (Å²) in [6, 6.07) is 3.54. The van der Waals surface area contributed by atoms with Crippen LogP contribution in [0.3, 0.4) is 0 Å². The van der Waals surface area contributed by atoms with Gasteiger partial charge in [-0.25, -0.2) is 8.42 Å². The minimum atomic E-state index is -3.70. The van der Waals surface area contributed by atoms with E-state index in [-0.39, 0.29) is 21.6 Å². The summed E-state index contributed by atoms with van der Waals surface area (Å²) < 4.78 is 55.5. The number of halogens is 3. The van der Waals surface area contributed by atoms with E-state index in [1.165, 1.54) is 10.4 Å².